The Morgan fingerprint density at radius 3 is 2.57 bits per heavy atom. The normalized spacial score (nSPS) is 22.8. The minimum absolute atomic E-state index is 0.0620. The van der Waals surface area contributed by atoms with Crippen LogP contribution in [0.1, 0.15) is 48.0 Å². The first-order valence-electron chi connectivity index (χ1n) is 10.8. The lowest BCUT2D eigenvalue weighted by molar-refractivity contribution is -0.123. The predicted octanol–water partition coefficient (Wildman–Crippen LogP) is 3.63. The van der Waals surface area contributed by atoms with Gasteiger partial charge in [0.1, 0.15) is 9.88 Å². The molecule has 2 fully saturated rings. The first kappa shape index (κ1) is 21.5. The molecule has 2 aromatic rings. The molecule has 0 unspecified atom stereocenters. The van der Waals surface area contributed by atoms with Crippen molar-refractivity contribution in [2.75, 3.05) is 32.7 Å². The van der Waals surface area contributed by atoms with Crippen molar-refractivity contribution in [2.45, 2.75) is 45.6 Å². The van der Waals surface area contributed by atoms with Crippen LogP contribution >= 0.6 is 22.7 Å². The monoisotopic (exact) mass is 446 g/mol. The van der Waals surface area contributed by atoms with Crippen molar-refractivity contribution in [1.82, 2.24) is 20.1 Å². The number of hydrogen-bond acceptors (Lipinski definition) is 6. The van der Waals surface area contributed by atoms with Crippen LogP contribution in [0.5, 0.6) is 0 Å². The van der Waals surface area contributed by atoms with E-state index < -0.39 is 0 Å². The molecular formula is C22H30N4O2S2. The Kier molecular flexibility index (Phi) is 6.85. The lowest BCUT2D eigenvalue weighted by Gasteiger charge is -2.34. The summed E-state index contributed by atoms with van der Waals surface area (Å²) in [6.45, 7) is 7.39. The quantitative estimate of drug-likeness (QED) is 0.762. The lowest BCUT2D eigenvalue weighted by Crippen LogP contribution is -2.52. The molecule has 8 heteroatoms. The number of nitrogens with one attached hydrogen (secondary N) is 1. The third-order valence-electron chi connectivity index (χ3n) is 6.17. The number of piperazine rings is 1. The number of thiophene rings is 1. The SMILES string of the molecule is Cc1nc(-c2ccsc2)sc1C(=O)N1CCN(CC(=O)NC2CCC(C)CC2)CC1. The Bertz CT molecular complexity index is 864. The smallest absolute Gasteiger partial charge is 0.265 e. The second kappa shape index (κ2) is 9.58. The maximum atomic E-state index is 13.0. The van der Waals surface area contributed by atoms with Crippen LogP contribution in [-0.2, 0) is 4.79 Å². The largest absolute Gasteiger partial charge is 0.352 e. The van der Waals surface area contributed by atoms with E-state index in [9.17, 15) is 9.59 Å². The molecule has 0 spiro atoms. The molecule has 0 radical (unpaired) electrons. The molecule has 162 valence electrons. The van der Waals surface area contributed by atoms with E-state index in [-0.39, 0.29) is 11.8 Å². The van der Waals surface area contributed by atoms with Crippen molar-refractivity contribution in [2.24, 2.45) is 5.92 Å². The summed E-state index contributed by atoms with van der Waals surface area (Å²) in [5.41, 5.74) is 1.88. The highest BCUT2D eigenvalue weighted by atomic mass is 32.1. The fourth-order valence-corrected chi connectivity index (χ4v) is 5.98. The Morgan fingerprint density at radius 2 is 1.90 bits per heavy atom. The summed E-state index contributed by atoms with van der Waals surface area (Å²) < 4.78 is 0. The molecule has 2 aromatic heterocycles. The average molecular weight is 447 g/mol. The van der Waals surface area contributed by atoms with Crippen LogP contribution < -0.4 is 5.32 Å². The van der Waals surface area contributed by atoms with E-state index in [1.165, 1.54) is 24.2 Å². The molecule has 1 saturated carbocycles. The zero-order chi connectivity index (χ0) is 21.1. The summed E-state index contributed by atoms with van der Waals surface area (Å²) in [7, 11) is 0. The fourth-order valence-electron chi connectivity index (χ4n) is 4.24. The Morgan fingerprint density at radius 1 is 1.17 bits per heavy atom. The van der Waals surface area contributed by atoms with Crippen molar-refractivity contribution in [3.05, 3.63) is 27.4 Å². The van der Waals surface area contributed by atoms with Gasteiger partial charge in [-0.25, -0.2) is 4.98 Å². The Balaban J connectivity index is 1.26. The molecule has 4 rings (SSSR count). The fraction of sp³-hybridized carbons (Fsp3) is 0.591. The van der Waals surface area contributed by atoms with Gasteiger partial charge in [0.15, 0.2) is 0 Å². The van der Waals surface area contributed by atoms with Gasteiger partial charge in [0.25, 0.3) is 5.91 Å². The number of carbonyl (C=O) groups is 2. The van der Waals surface area contributed by atoms with E-state index in [4.69, 9.17) is 0 Å². The van der Waals surface area contributed by atoms with Gasteiger partial charge < -0.3 is 10.2 Å². The van der Waals surface area contributed by atoms with Gasteiger partial charge >= 0.3 is 0 Å². The molecule has 30 heavy (non-hydrogen) atoms. The highest BCUT2D eigenvalue weighted by Gasteiger charge is 2.27. The molecular weight excluding hydrogens is 416 g/mol. The molecule has 1 aliphatic carbocycles. The maximum absolute atomic E-state index is 13.0. The van der Waals surface area contributed by atoms with Crippen LogP contribution in [0.2, 0.25) is 0 Å². The van der Waals surface area contributed by atoms with E-state index in [1.807, 2.05) is 23.3 Å². The summed E-state index contributed by atoms with van der Waals surface area (Å²) >= 11 is 3.11. The standard InChI is InChI=1S/C22H30N4O2S2/c1-15-3-5-18(6-4-15)24-19(27)13-25-8-10-26(11-9-25)22(28)20-16(2)23-21(30-20)17-7-12-29-14-17/h7,12,14-15,18H,3-6,8-11,13H2,1-2H3,(H,24,27). The number of aromatic nitrogens is 1. The first-order valence-corrected chi connectivity index (χ1v) is 12.6. The number of hydrogen-bond donors (Lipinski definition) is 1. The molecule has 0 atom stereocenters. The lowest BCUT2D eigenvalue weighted by atomic mass is 9.87. The van der Waals surface area contributed by atoms with Gasteiger partial charge in [0.2, 0.25) is 5.91 Å². The topological polar surface area (TPSA) is 65.5 Å². The van der Waals surface area contributed by atoms with Crippen LogP contribution in [0, 0.1) is 12.8 Å². The van der Waals surface area contributed by atoms with Gasteiger partial charge in [-0.15, -0.1) is 11.3 Å². The van der Waals surface area contributed by atoms with E-state index in [0.717, 1.165) is 53.0 Å². The minimum Gasteiger partial charge on any atom is -0.352 e. The molecule has 6 nitrogen and oxygen atoms in total. The van der Waals surface area contributed by atoms with E-state index in [2.05, 4.69) is 27.5 Å². The summed E-state index contributed by atoms with van der Waals surface area (Å²) in [5, 5.41) is 8.20. The van der Waals surface area contributed by atoms with Crippen molar-refractivity contribution in [3.8, 4) is 10.6 Å². The molecule has 0 bridgehead atoms. The zero-order valence-corrected chi connectivity index (χ0v) is 19.4. The van der Waals surface area contributed by atoms with E-state index in [1.54, 1.807) is 11.3 Å². The molecule has 1 aliphatic heterocycles. The molecule has 2 aliphatic rings. The van der Waals surface area contributed by atoms with Crippen LogP contribution in [0.4, 0.5) is 0 Å². The number of rotatable bonds is 5. The van der Waals surface area contributed by atoms with Crippen LogP contribution in [0.25, 0.3) is 10.6 Å². The van der Waals surface area contributed by atoms with Crippen LogP contribution in [0.3, 0.4) is 0 Å². The number of thiazole rings is 1. The molecule has 1 saturated heterocycles. The Hall–Kier alpha value is -1.77. The number of carbonyl (C=O) groups excluding carboxylic acids is 2. The van der Waals surface area contributed by atoms with Gasteiger partial charge in [-0.2, -0.15) is 11.3 Å². The van der Waals surface area contributed by atoms with Gasteiger partial charge in [0, 0.05) is 43.2 Å². The number of nitrogens with zero attached hydrogens (tertiary/aromatic N) is 3. The van der Waals surface area contributed by atoms with Crippen molar-refractivity contribution in [1.29, 1.82) is 0 Å². The minimum atomic E-state index is 0.0620. The third kappa shape index (κ3) is 5.10. The summed E-state index contributed by atoms with van der Waals surface area (Å²) in [4.78, 5) is 34.8. The van der Waals surface area contributed by atoms with Crippen molar-refractivity contribution >= 4 is 34.5 Å². The number of amides is 2. The highest BCUT2D eigenvalue weighted by molar-refractivity contribution is 7.17. The predicted molar refractivity (Wildman–Crippen MR) is 122 cm³/mol. The molecule has 2 amide bonds. The van der Waals surface area contributed by atoms with Crippen molar-refractivity contribution < 1.29 is 9.59 Å². The number of aryl methyl sites for hydroxylation is 1. The molecule has 1 N–H and O–H groups in total. The third-order valence-corrected chi connectivity index (χ3v) is 8.04. The van der Waals surface area contributed by atoms with E-state index in [0.29, 0.717) is 25.7 Å². The second-order valence-electron chi connectivity index (χ2n) is 8.54. The Labute approximate surface area is 186 Å². The van der Waals surface area contributed by atoms with Crippen LogP contribution in [-0.4, -0.2) is 65.4 Å². The summed E-state index contributed by atoms with van der Waals surface area (Å²) in [6, 6.07) is 2.37. The van der Waals surface area contributed by atoms with Gasteiger partial charge in [-0.1, -0.05) is 6.92 Å². The zero-order valence-electron chi connectivity index (χ0n) is 17.7. The molecule has 0 aromatic carbocycles. The summed E-state index contributed by atoms with van der Waals surface area (Å²) in [5.74, 6) is 0.965. The first-order chi connectivity index (χ1) is 14.5. The van der Waals surface area contributed by atoms with Gasteiger partial charge in [-0.3, -0.25) is 14.5 Å². The highest BCUT2D eigenvalue weighted by Crippen LogP contribution is 2.30. The van der Waals surface area contributed by atoms with Gasteiger partial charge in [-0.05, 0) is 50.0 Å². The molecule has 3 heterocycles. The maximum Gasteiger partial charge on any atom is 0.265 e. The van der Waals surface area contributed by atoms with Gasteiger partial charge in [0.05, 0.1) is 12.2 Å². The second-order valence-corrected chi connectivity index (χ2v) is 10.3. The average Bonchev–Trinajstić information content (AvgIpc) is 3.39. The van der Waals surface area contributed by atoms with Crippen molar-refractivity contribution in [3.63, 3.8) is 0 Å². The summed E-state index contributed by atoms with van der Waals surface area (Å²) in [6.07, 6.45) is 4.60. The van der Waals surface area contributed by atoms with E-state index >= 15 is 0 Å². The van der Waals surface area contributed by atoms with Crippen LogP contribution in [0.15, 0.2) is 16.8 Å².